The van der Waals surface area contributed by atoms with E-state index in [-0.39, 0.29) is 22.8 Å². The summed E-state index contributed by atoms with van der Waals surface area (Å²) in [6.45, 7) is 7.99. The lowest BCUT2D eigenvalue weighted by Gasteiger charge is -2.35. The number of hydrogen-bond acceptors (Lipinski definition) is 8. The van der Waals surface area contributed by atoms with Gasteiger partial charge in [-0.05, 0) is 32.9 Å². The smallest absolute Gasteiger partial charge is 0.410 e. The normalized spacial score (nSPS) is 16.6. The quantitative estimate of drug-likeness (QED) is 0.623. The molecule has 0 aliphatic carbocycles. The number of hydrogen-bond donors (Lipinski definition) is 0. The minimum Gasteiger partial charge on any atom is -0.444 e. The van der Waals surface area contributed by atoms with Crippen molar-refractivity contribution in [2.45, 2.75) is 32.9 Å². The van der Waals surface area contributed by atoms with Gasteiger partial charge in [0, 0.05) is 39.8 Å². The molecule has 0 spiro atoms. The van der Waals surface area contributed by atoms with Crippen molar-refractivity contribution >= 4 is 23.9 Å². The van der Waals surface area contributed by atoms with Gasteiger partial charge in [-0.15, -0.1) is 0 Å². The van der Waals surface area contributed by atoms with E-state index in [2.05, 4.69) is 10.00 Å². The van der Waals surface area contributed by atoms with Gasteiger partial charge in [-0.2, -0.15) is 5.10 Å². The molecule has 180 valence electrons. The second kappa shape index (κ2) is 8.90. The van der Waals surface area contributed by atoms with Gasteiger partial charge in [-0.25, -0.2) is 9.59 Å². The lowest BCUT2D eigenvalue weighted by atomic mass is 10.1. The van der Waals surface area contributed by atoms with E-state index in [4.69, 9.17) is 9.57 Å². The fourth-order valence-corrected chi connectivity index (χ4v) is 3.83. The van der Waals surface area contributed by atoms with Crippen molar-refractivity contribution in [3.63, 3.8) is 0 Å². The maximum Gasteiger partial charge on any atom is 0.410 e. The zero-order valence-electron chi connectivity index (χ0n) is 19.6. The van der Waals surface area contributed by atoms with Crippen LogP contribution in [0.5, 0.6) is 0 Å². The molecule has 11 heteroatoms. The van der Waals surface area contributed by atoms with Gasteiger partial charge in [-0.1, -0.05) is 17.2 Å². The topological polar surface area (TPSA) is 114 Å². The molecular formula is C23H27N5O6. The molecule has 1 aromatic heterocycles. The molecule has 2 aromatic rings. The van der Waals surface area contributed by atoms with Crippen molar-refractivity contribution in [2.75, 3.05) is 26.2 Å². The molecule has 11 nitrogen and oxygen atoms in total. The monoisotopic (exact) mass is 469 g/mol. The maximum absolute atomic E-state index is 12.9. The zero-order chi connectivity index (χ0) is 24.6. The predicted octanol–water partition coefficient (Wildman–Crippen LogP) is 1.84. The molecule has 1 fully saturated rings. The molecule has 4 rings (SSSR count). The van der Waals surface area contributed by atoms with Gasteiger partial charge in [-0.3, -0.25) is 19.2 Å². The van der Waals surface area contributed by atoms with Crippen LogP contribution in [0.15, 0.2) is 30.5 Å². The van der Waals surface area contributed by atoms with Crippen molar-refractivity contribution in [1.29, 1.82) is 0 Å². The summed E-state index contributed by atoms with van der Waals surface area (Å²) in [5, 5.41) is 4.64. The Morgan fingerprint density at radius 1 is 1.00 bits per heavy atom. The van der Waals surface area contributed by atoms with Crippen molar-refractivity contribution in [2.24, 2.45) is 7.05 Å². The molecule has 0 N–H and O–H groups in total. The highest BCUT2D eigenvalue weighted by Gasteiger charge is 2.39. The number of ether oxygens (including phenoxy) is 1. The Morgan fingerprint density at radius 3 is 2.15 bits per heavy atom. The highest BCUT2D eigenvalue weighted by molar-refractivity contribution is 6.21. The zero-order valence-corrected chi connectivity index (χ0v) is 19.6. The average molecular weight is 469 g/mol. The van der Waals surface area contributed by atoms with Gasteiger partial charge in [0.2, 0.25) is 0 Å². The van der Waals surface area contributed by atoms with E-state index in [0.717, 1.165) is 0 Å². The van der Waals surface area contributed by atoms with E-state index in [1.807, 2.05) is 20.8 Å². The minimum absolute atomic E-state index is 0.161. The fraction of sp³-hybridized carbons (Fsp3) is 0.435. The third-order valence-electron chi connectivity index (χ3n) is 5.61. The van der Waals surface area contributed by atoms with Crippen LogP contribution in [0.4, 0.5) is 4.79 Å². The number of aryl methyl sites for hydroxylation is 1. The molecule has 0 atom stereocenters. The van der Waals surface area contributed by atoms with Crippen molar-refractivity contribution in [3.8, 4) is 0 Å². The molecule has 0 unspecified atom stereocenters. The van der Waals surface area contributed by atoms with Crippen LogP contribution in [0.2, 0.25) is 0 Å². The number of amides is 3. The predicted molar refractivity (Wildman–Crippen MR) is 119 cm³/mol. The Kier molecular flexibility index (Phi) is 6.13. The van der Waals surface area contributed by atoms with Gasteiger partial charge >= 0.3 is 12.1 Å². The van der Waals surface area contributed by atoms with E-state index in [0.29, 0.717) is 43.5 Å². The highest BCUT2D eigenvalue weighted by atomic mass is 16.7. The SMILES string of the molecule is Cn1ncc(C(=O)ON2C(=O)c3ccccc3C2=O)c1CN1CCN(C(=O)OC(C)(C)C)CC1. The van der Waals surface area contributed by atoms with Crippen molar-refractivity contribution in [1.82, 2.24) is 24.6 Å². The largest absolute Gasteiger partial charge is 0.444 e. The molecule has 0 radical (unpaired) electrons. The molecule has 0 bridgehead atoms. The molecule has 2 aliphatic heterocycles. The number of aromatic nitrogens is 2. The molecule has 3 heterocycles. The van der Waals surface area contributed by atoms with Crippen LogP contribution in [0.25, 0.3) is 0 Å². The summed E-state index contributed by atoms with van der Waals surface area (Å²) in [6, 6.07) is 6.29. The number of carbonyl (C=O) groups is 4. The number of carbonyl (C=O) groups excluding carboxylic acids is 4. The first-order valence-corrected chi connectivity index (χ1v) is 11.0. The van der Waals surface area contributed by atoms with Crippen LogP contribution < -0.4 is 0 Å². The highest BCUT2D eigenvalue weighted by Crippen LogP contribution is 2.24. The van der Waals surface area contributed by atoms with Crippen LogP contribution in [-0.2, 0) is 23.2 Å². The minimum atomic E-state index is -0.843. The van der Waals surface area contributed by atoms with E-state index >= 15 is 0 Å². The molecule has 1 aromatic carbocycles. The molecule has 2 aliphatic rings. The molecular weight excluding hydrogens is 442 g/mol. The Hall–Kier alpha value is -3.73. The van der Waals surface area contributed by atoms with E-state index in [1.54, 1.807) is 28.8 Å². The number of benzene rings is 1. The second-order valence-corrected chi connectivity index (χ2v) is 9.20. The van der Waals surface area contributed by atoms with Crippen LogP contribution in [0, 0.1) is 0 Å². The number of hydroxylamine groups is 2. The summed E-state index contributed by atoms with van der Waals surface area (Å²) < 4.78 is 6.98. The third kappa shape index (κ3) is 4.65. The number of fused-ring (bicyclic) bond motifs is 1. The van der Waals surface area contributed by atoms with E-state index < -0.39 is 23.4 Å². The van der Waals surface area contributed by atoms with Crippen molar-refractivity contribution < 1.29 is 28.8 Å². The molecule has 0 saturated carbocycles. The first kappa shape index (κ1) is 23.4. The molecule has 3 amide bonds. The Bertz CT molecular complexity index is 1110. The average Bonchev–Trinajstić information content (AvgIpc) is 3.26. The van der Waals surface area contributed by atoms with Crippen molar-refractivity contribution in [3.05, 3.63) is 52.8 Å². The second-order valence-electron chi connectivity index (χ2n) is 9.20. The maximum atomic E-state index is 12.9. The van der Waals surface area contributed by atoms with Crippen LogP contribution in [0.3, 0.4) is 0 Å². The first-order chi connectivity index (χ1) is 16.0. The summed E-state index contributed by atoms with van der Waals surface area (Å²) in [6.07, 6.45) is 1.00. The lowest BCUT2D eigenvalue weighted by Crippen LogP contribution is -2.49. The number of nitrogens with zero attached hydrogens (tertiary/aromatic N) is 5. The number of rotatable bonds is 4. The van der Waals surface area contributed by atoms with Gasteiger partial charge < -0.3 is 14.5 Å². The van der Waals surface area contributed by atoms with Crippen LogP contribution in [0.1, 0.15) is 57.5 Å². The van der Waals surface area contributed by atoms with Gasteiger partial charge in [0.25, 0.3) is 11.8 Å². The first-order valence-electron chi connectivity index (χ1n) is 11.0. The summed E-state index contributed by atoms with van der Waals surface area (Å²) in [7, 11) is 1.70. The third-order valence-corrected chi connectivity index (χ3v) is 5.61. The number of imide groups is 1. The summed E-state index contributed by atoms with van der Waals surface area (Å²) in [5.74, 6) is -2.21. The fourth-order valence-electron chi connectivity index (χ4n) is 3.83. The van der Waals surface area contributed by atoms with Gasteiger partial charge in [0.05, 0.1) is 23.0 Å². The van der Waals surface area contributed by atoms with Crippen LogP contribution in [-0.4, -0.2) is 80.3 Å². The summed E-state index contributed by atoms with van der Waals surface area (Å²) >= 11 is 0. The van der Waals surface area contributed by atoms with Gasteiger partial charge in [0.1, 0.15) is 11.2 Å². The lowest BCUT2D eigenvalue weighted by molar-refractivity contribution is -0.0586. The molecule has 1 saturated heterocycles. The summed E-state index contributed by atoms with van der Waals surface area (Å²) in [5.41, 5.74) is 0.558. The van der Waals surface area contributed by atoms with Crippen LogP contribution >= 0.6 is 0 Å². The van der Waals surface area contributed by atoms with E-state index in [9.17, 15) is 19.2 Å². The Morgan fingerprint density at radius 2 is 1.59 bits per heavy atom. The standard InChI is InChI=1S/C23H27N5O6/c1-23(2,3)33-22(32)27-11-9-26(10-12-27)14-18-17(13-24-25(18)4)21(31)34-28-19(29)15-7-5-6-8-16(15)20(28)30/h5-8,13H,9-12,14H2,1-4H3. The number of piperazine rings is 1. The van der Waals surface area contributed by atoms with E-state index in [1.165, 1.54) is 18.3 Å². The summed E-state index contributed by atoms with van der Waals surface area (Å²) in [4.78, 5) is 59.1. The Balaban J connectivity index is 1.40. The van der Waals surface area contributed by atoms with Gasteiger partial charge in [0.15, 0.2) is 0 Å². The molecule has 34 heavy (non-hydrogen) atoms. The Labute approximate surface area is 196 Å².